The topological polar surface area (TPSA) is 9.23 Å². The zero-order valence-corrected chi connectivity index (χ0v) is 11.0. The fourth-order valence-electron chi connectivity index (χ4n) is 2.72. The van der Waals surface area contributed by atoms with Crippen LogP contribution in [0.4, 0.5) is 4.39 Å². The summed E-state index contributed by atoms with van der Waals surface area (Å²) in [6.07, 6.45) is 7.19. The van der Waals surface area contributed by atoms with Crippen LogP contribution in [0.1, 0.15) is 38.5 Å². The van der Waals surface area contributed by atoms with Crippen molar-refractivity contribution in [3.8, 4) is 0 Å². The van der Waals surface area contributed by atoms with Gasteiger partial charge >= 0.3 is 0 Å². The lowest BCUT2D eigenvalue weighted by molar-refractivity contribution is -0.0557. The number of rotatable bonds is 2. The zero-order valence-electron chi connectivity index (χ0n) is 9.14. The summed E-state index contributed by atoms with van der Waals surface area (Å²) in [7, 11) is 0. The van der Waals surface area contributed by atoms with Gasteiger partial charge in [0.05, 0.1) is 6.61 Å². The number of hydrogen-bond acceptors (Lipinski definition) is 2. The van der Waals surface area contributed by atoms with Crippen LogP contribution in [-0.4, -0.2) is 22.9 Å². The molecule has 0 saturated heterocycles. The van der Waals surface area contributed by atoms with Crippen LogP contribution in [0.3, 0.4) is 0 Å². The summed E-state index contributed by atoms with van der Waals surface area (Å²) in [5, 5.41) is 0. The van der Waals surface area contributed by atoms with Gasteiger partial charge in [0.15, 0.2) is 4.38 Å². The Morgan fingerprint density at radius 3 is 2.27 bits per heavy atom. The minimum absolute atomic E-state index is 0.248. The zero-order chi connectivity index (χ0) is 10.9. The maximum atomic E-state index is 13.9. The molecule has 15 heavy (non-hydrogen) atoms. The lowest BCUT2D eigenvalue weighted by Crippen LogP contribution is -2.45. The van der Waals surface area contributed by atoms with Gasteiger partial charge in [-0.15, -0.1) is 0 Å². The molecule has 0 unspecified atom stereocenters. The average Bonchev–Trinajstić information content (AvgIpc) is 2.28. The maximum Gasteiger partial charge on any atom is 0.196 e. The molecule has 0 aromatic carbocycles. The SMILES string of the molecule is C[SH2]C(=S)OCC12CCC(F)(CC1)CC2. The summed E-state index contributed by atoms with van der Waals surface area (Å²) in [5.41, 5.74) is -0.591. The van der Waals surface area contributed by atoms with E-state index in [1.807, 2.05) is 6.26 Å². The van der Waals surface area contributed by atoms with Gasteiger partial charge in [-0.25, -0.2) is 4.39 Å². The Bertz CT molecular complexity index is 243. The molecule has 4 heteroatoms. The molecule has 0 amide bonds. The molecular weight excluding hydrogens is 231 g/mol. The minimum Gasteiger partial charge on any atom is -0.479 e. The Morgan fingerprint density at radius 1 is 1.27 bits per heavy atom. The third-order valence-electron chi connectivity index (χ3n) is 4.02. The first-order chi connectivity index (χ1) is 7.08. The third-order valence-corrected chi connectivity index (χ3v) is 5.31. The van der Waals surface area contributed by atoms with Crippen molar-refractivity contribution in [3.05, 3.63) is 0 Å². The van der Waals surface area contributed by atoms with Gasteiger partial charge in [0, 0.05) is 5.41 Å². The summed E-state index contributed by atoms with van der Waals surface area (Å²) in [4.78, 5) is 0. The number of thiocarbonyl (C=S) groups is 1. The van der Waals surface area contributed by atoms with E-state index in [0.29, 0.717) is 11.8 Å². The Balaban J connectivity index is 1.89. The molecule has 3 rings (SSSR count). The molecule has 0 aromatic heterocycles. The molecule has 0 spiro atoms. The van der Waals surface area contributed by atoms with Gasteiger partial charge in [0.2, 0.25) is 0 Å². The number of fused-ring (bicyclic) bond motifs is 3. The van der Waals surface area contributed by atoms with Crippen molar-refractivity contribution in [3.63, 3.8) is 0 Å². The van der Waals surface area contributed by atoms with Crippen molar-refractivity contribution in [2.24, 2.45) is 5.41 Å². The maximum absolute atomic E-state index is 13.9. The van der Waals surface area contributed by atoms with Gasteiger partial charge in [0.25, 0.3) is 0 Å². The van der Waals surface area contributed by atoms with E-state index in [9.17, 15) is 4.39 Å². The third kappa shape index (κ3) is 2.47. The Morgan fingerprint density at radius 2 is 1.80 bits per heavy atom. The van der Waals surface area contributed by atoms with E-state index in [4.69, 9.17) is 17.0 Å². The number of halogens is 1. The number of ether oxygens (including phenoxy) is 1. The van der Waals surface area contributed by atoms with Gasteiger partial charge < -0.3 is 4.74 Å². The Hall–Kier alpha value is 0.170. The van der Waals surface area contributed by atoms with E-state index in [2.05, 4.69) is 0 Å². The first kappa shape index (κ1) is 11.6. The van der Waals surface area contributed by atoms with E-state index in [0.717, 1.165) is 49.5 Å². The van der Waals surface area contributed by atoms with Crippen LogP contribution >= 0.6 is 24.0 Å². The largest absolute Gasteiger partial charge is 0.479 e. The quantitative estimate of drug-likeness (QED) is 0.696. The molecule has 3 saturated carbocycles. The monoisotopic (exact) mass is 250 g/mol. The molecular formula is C11H19FOS2. The van der Waals surface area contributed by atoms with E-state index < -0.39 is 5.67 Å². The second kappa shape index (κ2) is 4.21. The molecule has 0 radical (unpaired) electrons. The molecule has 3 fully saturated rings. The lowest BCUT2D eigenvalue weighted by Gasteiger charge is -2.49. The van der Waals surface area contributed by atoms with Crippen LogP contribution < -0.4 is 0 Å². The molecule has 0 aliphatic heterocycles. The lowest BCUT2D eigenvalue weighted by atomic mass is 9.60. The molecule has 0 N–H and O–H groups in total. The van der Waals surface area contributed by atoms with Gasteiger partial charge in [-0.2, -0.15) is 11.8 Å². The predicted molar refractivity (Wildman–Crippen MR) is 68.8 cm³/mol. The molecule has 0 heterocycles. The molecule has 0 aromatic rings. The molecule has 3 aliphatic carbocycles. The fraction of sp³-hybridized carbons (Fsp3) is 0.909. The molecule has 2 bridgehead atoms. The van der Waals surface area contributed by atoms with Crippen molar-refractivity contribution < 1.29 is 9.13 Å². The first-order valence-electron chi connectivity index (χ1n) is 5.61. The van der Waals surface area contributed by atoms with Gasteiger partial charge in [-0.3, -0.25) is 0 Å². The van der Waals surface area contributed by atoms with Crippen LogP contribution in [0, 0.1) is 5.41 Å². The molecule has 0 atom stereocenters. The van der Waals surface area contributed by atoms with Gasteiger partial charge in [-0.1, -0.05) is 0 Å². The highest BCUT2D eigenvalue weighted by Gasteiger charge is 2.49. The van der Waals surface area contributed by atoms with Crippen LogP contribution in [0.25, 0.3) is 0 Å². The molecule has 88 valence electrons. The molecule has 1 nitrogen and oxygen atoms in total. The van der Waals surface area contributed by atoms with Crippen LogP contribution in [0.15, 0.2) is 0 Å². The summed E-state index contributed by atoms with van der Waals surface area (Å²) >= 11 is 5.65. The standard InChI is InChI=1S/C11H19FOS2/c1-15-9(14)13-8-10-2-5-11(12,6-3-10)7-4-10/h2-8,15H2,1H3. The van der Waals surface area contributed by atoms with Crippen LogP contribution in [0.2, 0.25) is 0 Å². The highest BCUT2D eigenvalue weighted by molar-refractivity contribution is 8.22. The van der Waals surface area contributed by atoms with Crippen molar-refractivity contribution in [1.82, 2.24) is 0 Å². The Kier molecular flexibility index (Phi) is 3.27. The van der Waals surface area contributed by atoms with E-state index in [1.54, 1.807) is 0 Å². The summed E-state index contributed by atoms with van der Waals surface area (Å²) in [6, 6.07) is 0. The fourth-order valence-corrected chi connectivity index (χ4v) is 3.00. The minimum atomic E-state index is -0.839. The van der Waals surface area contributed by atoms with Crippen molar-refractivity contribution in [2.75, 3.05) is 12.9 Å². The average molecular weight is 250 g/mol. The summed E-state index contributed by atoms with van der Waals surface area (Å²) in [6.45, 7) is 0.725. The number of alkyl halides is 1. The Labute approximate surface area is 100 Å². The highest BCUT2D eigenvalue weighted by atomic mass is 32.2. The highest BCUT2D eigenvalue weighted by Crippen LogP contribution is 2.54. The normalized spacial score (nSPS) is 40.4. The van der Waals surface area contributed by atoms with E-state index >= 15 is 0 Å². The van der Waals surface area contributed by atoms with Crippen molar-refractivity contribution in [2.45, 2.75) is 44.2 Å². The smallest absolute Gasteiger partial charge is 0.196 e. The first-order valence-corrected chi connectivity index (χ1v) is 7.52. The summed E-state index contributed by atoms with van der Waals surface area (Å²) in [5.74, 6) is 0. The van der Waals surface area contributed by atoms with E-state index in [1.165, 1.54) is 0 Å². The second-order valence-electron chi connectivity index (χ2n) is 4.98. The van der Waals surface area contributed by atoms with Crippen LogP contribution in [0.5, 0.6) is 0 Å². The second-order valence-corrected chi connectivity index (χ2v) is 6.66. The van der Waals surface area contributed by atoms with Crippen molar-refractivity contribution in [1.29, 1.82) is 0 Å². The van der Waals surface area contributed by atoms with Gasteiger partial charge in [-0.05, 0) is 57.0 Å². The predicted octanol–water partition coefficient (Wildman–Crippen LogP) is 3.18. The summed E-state index contributed by atoms with van der Waals surface area (Å²) < 4.78 is 20.2. The van der Waals surface area contributed by atoms with Crippen molar-refractivity contribution >= 4 is 28.4 Å². The van der Waals surface area contributed by atoms with Gasteiger partial charge in [0.1, 0.15) is 5.67 Å². The number of hydrogen-bond donors (Lipinski definition) is 0. The van der Waals surface area contributed by atoms with E-state index in [-0.39, 0.29) is 5.41 Å². The van der Waals surface area contributed by atoms with Crippen LogP contribution in [-0.2, 0) is 4.74 Å². The molecule has 3 aliphatic rings.